The molecule has 0 aliphatic carbocycles. The third kappa shape index (κ3) is 2.43. The number of carboxylic acids is 1. The second-order valence-electron chi connectivity index (χ2n) is 5.16. The van der Waals surface area contributed by atoms with Gasteiger partial charge in [-0.1, -0.05) is 6.92 Å². The fourth-order valence-electron chi connectivity index (χ4n) is 2.83. The van der Waals surface area contributed by atoms with Gasteiger partial charge in [0, 0.05) is 24.2 Å². The van der Waals surface area contributed by atoms with Crippen LogP contribution in [0.4, 0.5) is 0 Å². The molecule has 1 aliphatic heterocycles. The van der Waals surface area contributed by atoms with Crippen LogP contribution < -0.4 is 0 Å². The standard InChI is InChI=1S/C14H21NO3/c1-4-12-6-5-9(2)15(12)8-11-7-13(14(16)17)18-10(11)3/h7,9,12H,4-6,8H2,1-3H3,(H,16,17). The van der Waals surface area contributed by atoms with Crippen molar-refractivity contribution < 1.29 is 14.3 Å². The third-order valence-electron chi connectivity index (χ3n) is 4.01. The van der Waals surface area contributed by atoms with Gasteiger partial charge in [-0.15, -0.1) is 0 Å². The SMILES string of the molecule is CCC1CCC(C)N1Cc1cc(C(=O)O)oc1C. The quantitative estimate of drug-likeness (QED) is 0.893. The average Bonchev–Trinajstić information content (AvgIpc) is 2.85. The fourth-order valence-corrected chi connectivity index (χ4v) is 2.83. The van der Waals surface area contributed by atoms with Crippen LogP contribution in [0, 0.1) is 6.92 Å². The molecule has 0 saturated carbocycles. The highest BCUT2D eigenvalue weighted by atomic mass is 16.4. The molecule has 18 heavy (non-hydrogen) atoms. The number of nitrogens with zero attached hydrogens (tertiary/aromatic N) is 1. The van der Waals surface area contributed by atoms with Crippen molar-refractivity contribution in [2.75, 3.05) is 0 Å². The van der Waals surface area contributed by atoms with Crippen LogP contribution in [0.3, 0.4) is 0 Å². The van der Waals surface area contributed by atoms with Crippen LogP contribution in [0.15, 0.2) is 10.5 Å². The summed E-state index contributed by atoms with van der Waals surface area (Å²) in [5.41, 5.74) is 1.000. The van der Waals surface area contributed by atoms with E-state index >= 15 is 0 Å². The van der Waals surface area contributed by atoms with Crippen LogP contribution in [0.1, 0.15) is 55.0 Å². The molecule has 0 bridgehead atoms. The van der Waals surface area contributed by atoms with Crippen molar-refractivity contribution >= 4 is 5.97 Å². The first-order valence-corrected chi connectivity index (χ1v) is 6.61. The minimum atomic E-state index is -0.995. The summed E-state index contributed by atoms with van der Waals surface area (Å²) in [6.45, 7) is 7.08. The number of aromatic carboxylic acids is 1. The van der Waals surface area contributed by atoms with Gasteiger partial charge in [0.05, 0.1) is 0 Å². The van der Waals surface area contributed by atoms with Crippen molar-refractivity contribution in [2.24, 2.45) is 0 Å². The summed E-state index contributed by atoms with van der Waals surface area (Å²) < 4.78 is 5.26. The van der Waals surface area contributed by atoms with Crippen LogP contribution in [0.5, 0.6) is 0 Å². The maximum absolute atomic E-state index is 10.9. The second-order valence-corrected chi connectivity index (χ2v) is 5.16. The summed E-state index contributed by atoms with van der Waals surface area (Å²) >= 11 is 0. The molecule has 1 aromatic heterocycles. The summed E-state index contributed by atoms with van der Waals surface area (Å²) in [7, 11) is 0. The van der Waals surface area contributed by atoms with Gasteiger partial charge in [-0.3, -0.25) is 4.90 Å². The molecule has 4 nitrogen and oxygen atoms in total. The Balaban J connectivity index is 2.15. The van der Waals surface area contributed by atoms with E-state index in [4.69, 9.17) is 9.52 Å². The molecular formula is C14H21NO3. The van der Waals surface area contributed by atoms with Crippen molar-refractivity contribution in [3.63, 3.8) is 0 Å². The Bertz CT molecular complexity index is 438. The highest BCUT2D eigenvalue weighted by Crippen LogP contribution is 2.29. The Labute approximate surface area is 108 Å². The van der Waals surface area contributed by atoms with Gasteiger partial charge < -0.3 is 9.52 Å². The molecule has 2 heterocycles. The molecule has 0 aromatic carbocycles. The Morgan fingerprint density at radius 3 is 2.83 bits per heavy atom. The predicted octanol–water partition coefficient (Wildman–Crippen LogP) is 3.05. The smallest absolute Gasteiger partial charge is 0.371 e. The van der Waals surface area contributed by atoms with E-state index in [2.05, 4.69) is 18.7 Å². The Morgan fingerprint density at radius 1 is 1.56 bits per heavy atom. The molecule has 0 radical (unpaired) electrons. The molecule has 1 fully saturated rings. The van der Waals surface area contributed by atoms with E-state index in [0.717, 1.165) is 24.3 Å². The number of hydrogen-bond acceptors (Lipinski definition) is 3. The number of carbonyl (C=O) groups is 1. The van der Waals surface area contributed by atoms with E-state index in [-0.39, 0.29) is 5.76 Å². The summed E-state index contributed by atoms with van der Waals surface area (Å²) in [6.07, 6.45) is 3.61. The molecule has 1 saturated heterocycles. The average molecular weight is 251 g/mol. The normalized spacial score (nSPS) is 24.6. The zero-order valence-electron chi connectivity index (χ0n) is 11.3. The molecule has 100 valence electrons. The van der Waals surface area contributed by atoms with Gasteiger partial charge in [0.15, 0.2) is 0 Å². The van der Waals surface area contributed by atoms with Gasteiger partial charge in [-0.25, -0.2) is 4.79 Å². The van der Waals surface area contributed by atoms with Crippen molar-refractivity contribution in [3.05, 3.63) is 23.2 Å². The molecule has 0 spiro atoms. The number of rotatable bonds is 4. The molecule has 0 amide bonds. The molecule has 2 rings (SSSR count). The summed E-state index contributed by atoms with van der Waals surface area (Å²) in [5.74, 6) is -0.227. The lowest BCUT2D eigenvalue weighted by molar-refractivity contribution is 0.0661. The van der Waals surface area contributed by atoms with E-state index < -0.39 is 5.97 Å². The zero-order chi connectivity index (χ0) is 13.3. The van der Waals surface area contributed by atoms with E-state index in [0.29, 0.717) is 12.1 Å². The molecule has 1 aromatic rings. The molecular weight excluding hydrogens is 230 g/mol. The van der Waals surface area contributed by atoms with Crippen molar-refractivity contribution in [1.82, 2.24) is 4.90 Å². The maximum atomic E-state index is 10.9. The van der Waals surface area contributed by atoms with E-state index in [1.54, 1.807) is 6.07 Å². The highest BCUT2D eigenvalue weighted by molar-refractivity contribution is 5.84. The molecule has 2 unspecified atom stereocenters. The maximum Gasteiger partial charge on any atom is 0.371 e. The number of furan rings is 1. The Morgan fingerprint density at radius 2 is 2.28 bits per heavy atom. The van der Waals surface area contributed by atoms with E-state index in [9.17, 15) is 4.79 Å². The molecule has 1 N–H and O–H groups in total. The van der Waals surface area contributed by atoms with E-state index in [1.807, 2.05) is 6.92 Å². The van der Waals surface area contributed by atoms with Crippen molar-refractivity contribution in [2.45, 2.75) is 58.7 Å². The summed E-state index contributed by atoms with van der Waals surface area (Å²) in [6, 6.07) is 2.84. The van der Waals surface area contributed by atoms with Crippen LogP contribution >= 0.6 is 0 Å². The first kappa shape index (κ1) is 13.1. The van der Waals surface area contributed by atoms with Gasteiger partial charge in [-0.2, -0.15) is 0 Å². The lowest BCUT2D eigenvalue weighted by Gasteiger charge is -2.27. The summed E-state index contributed by atoms with van der Waals surface area (Å²) in [4.78, 5) is 13.3. The number of aryl methyl sites for hydroxylation is 1. The van der Waals surface area contributed by atoms with Crippen LogP contribution in [-0.2, 0) is 6.54 Å². The van der Waals surface area contributed by atoms with Gasteiger partial charge >= 0.3 is 5.97 Å². The van der Waals surface area contributed by atoms with Gasteiger partial charge in [0.25, 0.3) is 0 Å². The first-order chi connectivity index (χ1) is 8.52. The largest absolute Gasteiger partial charge is 0.475 e. The topological polar surface area (TPSA) is 53.7 Å². The molecule has 1 aliphatic rings. The second kappa shape index (κ2) is 5.14. The van der Waals surface area contributed by atoms with E-state index in [1.165, 1.54) is 12.8 Å². The third-order valence-corrected chi connectivity index (χ3v) is 4.01. The zero-order valence-corrected chi connectivity index (χ0v) is 11.3. The first-order valence-electron chi connectivity index (χ1n) is 6.61. The number of likely N-dealkylation sites (tertiary alicyclic amines) is 1. The lowest BCUT2D eigenvalue weighted by atomic mass is 10.1. The predicted molar refractivity (Wildman–Crippen MR) is 68.7 cm³/mol. The monoisotopic (exact) mass is 251 g/mol. The van der Waals surface area contributed by atoms with Crippen molar-refractivity contribution in [1.29, 1.82) is 0 Å². The van der Waals surface area contributed by atoms with Crippen molar-refractivity contribution in [3.8, 4) is 0 Å². The van der Waals surface area contributed by atoms with Gasteiger partial charge in [-0.05, 0) is 39.2 Å². The lowest BCUT2D eigenvalue weighted by Crippen LogP contribution is -2.33. The van der Waals surface area contributed by atoms with Crippen LogP contribution in [0.2, 0.25) is 0 Å². The van der Waals surface area contributed by atoms with Crippen LogP contribution in [-0.4, -0.2) is 28.1 Å². The minimum Gasteiger partial charge on any atom is -0.475 e. The minimum absolute atomic E-state index is 0.0439. The summed E-state index contributed by atoms with van der Waals surface area (Å²) in [5, 5.41) is 8.93. The Kier molecular flexibility index (Phi) is 3.76. The molecule has 4 heteroatoms. The number of hydrogen-bond donors (Lipinski definition) is 1. The number of carboxylic acid groups (broad SMARTS) is 1. The fraction of sp³-hybridized carbons (Fsp3) is 0.643. The van der Waals surface area contributed by atoms with Gasteiger partial charge in [0.1, 0.15) is 5.76 Å². The van der Waals surface area contributed by atoms with Gasteiger partial charge in [0.2, 0.25) is 5.76 Å². The highest BCUT2D eigenvalue weighted by Gasteiger charge is 2.30. The Hall–Kier alpha value is -1.29. The van der Waals surface area contributed by atoms with Crippen LogP contribution in [0.25, 0.3) is 0 Å². The molecule has 2 atom stereocenters.